The van der Waals surface area contributed by atoms with Gasteiger partial charge in [0.2, 0.25) is 0 Å². The minimum atomic E-state index is -2.24. The van der Waals surface area contributed by atoms with Gasteiger partial charge < -0.3 is 102 Å². The molecule has 0 saturated carbocycles. The molecule has 8 N–H and O–H groups in total. The number of carbonyl (C=O) groups is 6. The summed E-state index contributed by atoms with van der Waals surface area (Å²) in [7, 11) is 0. The monoisotopic (exact) mass is 1160 g/mol. The van der Waals surface area contributed by atoms with E-state index in [-0.39, 0.29) is 33.4 Å². The summed E-state index contributed by atoms with van der Waals surface area (Å²) in [6.45, 7) is 14.3. The first-order chi connectivity index (χ1) is 38.3. The SMILES string of the molecule is C/C=C(\C)C(=O)OCC1OC(OC2OC(COC(=O)/C(C)=C/C)C(OC3OC(CO)C(OC(=O)/C(C)=C/C)C(OC(=O)/C(C)=C/C)C3O)C(O)C2O)C(O)C(O)C1OC1OC(CO)C(OC(=O)/C(C)=C/C)C(OC(=O)/C(C)=C/C)C1O. The zero-order chi connectivity index (χ0) is 60.7. The molecule has 4 fully saturated rings. The Bertz CT molecular complexity index is 2210. The minimum absolute atomic E-state index is 0.0693. The van der Waals surface area contributed by atoms with Gasteiger partial charge in [0.25, 0.3) is 0 Å². The number of aliphatic hydroxyl groups excluding tert-OH is 8. The molecule has 0 bridgehead atoms. The standard InChI is InChI=1S/C54H78O27/c1-13-23(7)45(63)69-21-31-39(79-53-37(61)43(77-49(67)27(11)17-5)41(29(19-55)71-53)75-47(65)25(9)15-3)33(57)35(59)51(73-31)81-52-36(60)34(58)40(32(74-52)22-70-46(64)24(8)14-2)80-54-38(62)44(78-50(68)28(12)18-6)42(30(20-56)72-54)76-48(66)26(10)16-4/h13-18,29-44,51-62H,19-22H2,1-12H3/b23-13+,24-14+,25-15+,26-16+,27-17+,28-18+. The average molecular weight is 1160 g/mol. The van der Waals surface area contributed by atoms with Crippen molar-refractivity contribution >= 4 is 35.8 Å². The lowest BCUT2D eigenvalue weighted by Gasteiger charge is -2.49. The molecular formula is C54H78O27. The molecule has 0 aromatic heterocycles. The molecule has 456 valence electrons. The lowest BCUT2D eigenvalue weighted by Crippen LogP contribution is -2.67. The quantitative estimate of drug-likeness (QED) is 0.0379. The fourth-order valence-corrected chi connectivity index (χ4v) is 8.06. The van der Waals surface area contributed by atoms with E-state index >= 15 is 0 Å². The Balaban J connectivity index is 1.71. The third-order valence-corrected chi connectivity index (χ3v) is 14.0. The second-order valence-electron chi connectivity index (χ2n) is 19.3. The first kappa shape index (κ1) is 68.2. The van der Waals surface area contributed by atoms with Gasteiger partial charge >= 0.3 is 35.8 Å². The highest BCUT2D eigenvalue weighted by Gasteiger charge is 2.57. The van der Waals surface area contributed by atoms with Crippen molar-refractivity contribution < 1.29 is 131 Å². The lowest BCUT2D eigenvalue weighted by molar-refractivity contribution is -0.400. The lowest BCUT2D eigenvalue weighted by atomic mass is 9.95. The summed E-state index contributed by atoms with van der Waals surface area (Å²) in [6, 6.07) is 0. The van der Waals surface area contributed by atoms with E-state index in [1.165, 1.54) is 91.8 Å². The van der Waals surface area contributed by atoms with Crippen molar-refractivity contribution in [1.82, 2.24) is 0 Å². The Labute approximate surface area is 468 Å². The molecule has 0 amide bonds. The molecule has 4 aliphatic heterocycles. The van der Waals surface area contributed by atoms with E-state index in [2.05, 4.69) is 0 Å². The number of aliphatic hydroxyl groups is 8. The summed E-state index contributed by atoms with van der Waals surface area (Å²) >= 11 is 0. The molecule has 27 heteroatoms. The molecular weight excluding hydrogens is 1080 g/mol. The number of hydrogen-bond acceptors (Lipinski definition) is 27. The highest BCUT2D eigenvalue weighted by Crippen LogP contribution is 2.37. The number of esters is 6. The fourth-order valence-electron chi connectivity index (χ4n) is 8.06. The van der Waals surface area contributed by atoms with Crippen LogP contribution in [0.3, 0.4) is 0 Å². The van der Waals surface area contributed by atoms with Gasteiger partial charge in [0.05, 0.1) is 13.2 Å². The zero-order valence-corrected chi connectivity index (χ0v) is 47.2. The second kappa shape index (κ2) is 31.4. The van der Waals surface area contributed by atoms with Gasteiger partial charge in [-0.2, -0.15) is 0 Å². The maximum Gasteiger partial charge on any atom is 0.333 e. The predicted molar refractivity (Wildman–Crippen MR) is 274 cm³/mol. The molecule has 20 atom stereocenters. The molecule has 0 aliphatic carbocycles. The van der Waals surface area contributed by atoms with Crippen LogP contribution >= 0.6 is 0 Å². The van der Waals surface area contributed by atoms with Crippen LogP contribution in [0.1, 0.15) is 83.1 Å². The molecule has 27 nitrogen and oxygen atoms in total. The fraction of sp³-hybridized carbons (Fsp3) is 0.667. The molecule has 81 heavy (non-hydrogen) atoms. The molecule has 0 radical (unpaired) electrons. The minimum Gasteiger partial charge on any atom is -0.459 e. The summed E-state index contributed by atoms with van der Waals surface area (Å²) < 4.78 is 75.0. The summed E-state index contributed by atoms with van der Waals surface area (Å²) in [5.41, 5.74) is 0.586. The average Bonchev–Trinajstić information content (AvgIpc) is 3.46. The number of carbonyl (C=O) groups excluding carboxylic acids is 6. The van der Waals surface area contributed by atoms with Crippen molar-refractivity contribution in [3.63, 3.8) is 0 Å². The summed E-state index contributed by atoms with van der Waals surface area (Å²) in [5, 5.41) is 91.6. The van der Waals surface area contributed by atoms with Gasteiger partial charge in [0, 0.05) is 33.4 Å². The van der Waals surface area contributed by atoms with E-state index in [9.17, 15) is 69.6 Å². The summed E-state index contributed by atoms with van der Waals surface area (Å²) in [4.78, 5) is 78.2. The first-order valence-electron chi connectivity index (χ1n) is 26.1. The molecule has 4 aliphatic rings. The van der Waals surface area contributed by atoms with E-state index in [0.29, 0.717) is 0 Å². The Morgan fingerprint density at radius 3 is 0.852 bits per heavy atom. The van der Waals surface area contributed by atoms with Gasteiger partial charge in [-0.25, -0.2) is 28.8 Å². The Kier molecular flexibility index (Phi) is 26.4. The van der Waals surface area contributed by atoms with Crippen LogP contribution in [0.15, 0.2) is 69.9 Å². The topological polar surface area (TPSA) is 384 Å². The Morgan fingerprint density at radius 1 is 0.333 bits per heavy atom. The highest BCUT2D eigenvalue weighted by molar-refractivity contribution is 5.90. The van der Waals surface area contributed by atoms with Crippen LogP contribution in [-0.2, 0) is 90.3 Å². The molecule has 4 heterocycles. The number of ether oxygens (including phenoxy) is 13. The van der Waals surface area contributed by atoms with Gasteiger partial charge in [-0.1, -0.05) is 36.5 Å². The van der Waals surface area contributed by atoms with Crippen LogP contribution in [0, 0.1) is 0 Å². The van der Waals surface area contributed by atoms with E-state index in [0.717, 1.165) is 0 Å². The normalized spacial score (nSPS) is 35.6. The van der Waals surface area contributed by atoms with Crippen LogP contribution in [-0.4, -0.2) is 226 Å². The largest absolute Gasteiger partial charge is 0.459 e. The van der Waals surface area contributed by atoms with Gasteiger partial charge in [0.1, 0.15) is 86.5 Å². The van der Waals surface area contributed by atoms with E-state index in [4.69, 9.17) is 61.6 Å². The van der Waals surface area contributed by atoms with E-state index < -0.39 is 185 Å². The van der Waals surface area contributed by atoms with Gasteiger partial charge in [-0.15, -0.1) is 0 Å². The van der Waals surface area contributed by atoms with Gasteiger partial charge in [0.15, 0.2) is 49.6 Å². The van der Waals surface area contributed by atoms with Crippen molar-refractivity contribution in [2.75, 3.05) is 26.4 Å². The van der Waals surface area contributed by atoms with Crippen molar-refractivity contribution in [3.8, 4) is 0 Å². The zero-order valence-electron chi connectivity index (χ0n) is 47.2. The number of hydrogen-bond donors (Lipinski definition) is 8. The van der Waals surface area contributed by atoms with Crippen molar-refractivity contribution in [2.45, 2.75) is 206 Å². The molecule has 4 saturated heterocycles. The highest BCUT2D eigenvalue weighted by atomic mass is 16.8. The smallest absolute Gasteiger partial charge is 0.333 e. The number of allylic oxidation sites excluding steroid dienone is 6. The number of rotatable bonds is 22. The van der Waals surface area contributed by atoms with Gasteiger partial charge in [-0.05, 0) is 83.1 Å². The molecule has 0 aromatic carbocycles. The molecule has 20 unspecified atom stereocenters. The van der Waals surface area contributed by atoms with Crippen LogP contribution in [0.2, 0.25) is 0 Å². The maximum atomic E-state index is 13.1. The summed E-state index contributed by atoms with van der Waals surface area (Å²) in [6.07, 6.45) is -30.0. The molecule has 0 spiro atoms. The van der Waals surface area contributed by atoms with Gasteiger partial charge in [-0.3, -0.25) is 0 Å². The Morgan fingerprint density at radius 2 is 0.580 bits per heavy atom. The van der Waals surface area contributed by atoms with E-state index in [1.807, 2.05) is 0 Å². The van der Waals surface area contributed by atoms with Crippen molar-refractivity contribution in [2.24, 2.45) is 0 Å². The molecule has 0 aromatic rings. The Hall–Kier alpha value is -5.34. The van der Waals surface area contributed by atoms with Crippen molar-refractivity contribution in [3.05, 3.63) is 69.9 Å². The third kappa shape index (κ3) is 16.9. The molecule has 4 rings (SSSR count). The predicted octanol–water partition coefficient (Wildman–Crippen LogP) is -0.646. The van der Waals surface area contributed by atoms with Crippen LogP contribution < -0.4 is 0 Å². The second-order valence-corrected chi connectivity index (χ2v) is 19.3. The van der Waals surface area contributed by atoms with Crippen LogP contribution in [0.25, 0.3) is 0 Å². The summed E-state index contributed by atoms with van der Waals surface area (Å²) in [5.74, 6) is -5.55. The van der Waals surface area contributed by atoms with Crippen molar-refractivity contribution in [1.29, 1.82) is 0 Å². The van der Waals surface area contributed by atoms with Crippen LogP contribution in [0.5, 0.6) is 0 Å². The first-order valence-corrected chi connectivity index (χ1v) is 26.1. The van der Waals surface area contributed by atoms with Crippen LogP contribution in [0.4, 0.5) is 0 Å². The maximum absolute atomic E-state index is 13.1. The van der Waals surface area contributed by atoms with E-state index in [1.54, 1.807) is 27.7 Å². The third-order valence-electron chi connectivity index (χ3n) is 14.0.